The van der Waals surface area contributed by atoms with Gasteiger partial charge in [-0.3, -0.25) is 4.79 Å². The van der Waals surface area contributed by atoms with Crippen molar-refractivity contribution >= 4 is 5.91 Å². The maximum atomic E-state index is 10.6. The van der Waals surface area contributed by atoms with Gasteiger partial charge in [0, 0.05) is 12.5 Å². The van der Waals surface area contributed by atoms with Crippen LogP contribution in [0.4, 0.5) is 0 Å². The minimum absolute atomic E-state index is 0.0515. The molecule has 0 saturated carbocycles. The molecule has 1 N–H and O–H groups in total. The zero-order valence-electron chi connectivity index (χ0n) is 9.35. The molecule has 0 fully saturated rings. The SMILES string of the molecule is CC(=O)NCC#Cc1ccc(C)c(C)c1. The minimum atomic E-state index is -0.0515. The number of carbonyl (C=O) groups is 1. The molecule has 0 unspecified atom stereocenters. The lowest BCUT2D eigenvalue weighted by molar-refractivity contribution is -0.118. The summed E-state index contributed by atoms with van der Waals surface area (Å²) in [6.45, 7) is 6.03. The van der Waals surface area contributed by atoms with E-state index in [-0.39, 0.29) is 5.91 Å². The molecule has 0 spiro atoms. The number of rotatable bonds is 1. The fourth-order valence-electron chi connectivity index (χ4n) is 1.13. The van der Waals surface area contributed by atoms with Gasteiger partial charge in [0.25, 0.3) is 0 Å². The summed E-state index contributed by atoms with van der Waals surface area (Å²) in [5.74, 6) is 5.85. The second kappa shape index (κ2) is 5.21. The van der Waals surface area contributed by atoms with Crippen molar-refractivity contribution in [1.29, 1.82) is 0 Å². The molecule has 1 aromatic carbocycles. The Bertz CT molecular complexity index is 424. The predicted octanol–water partition coefficient (Wildman–Crippen LogP) is 1.79. The van der Waals surface area contributed by atoms with Gasteiger partial charge in [-0.2, -0.15) is 0 Å². The first-order chi connectivity index (χ1) is 7.09. The van der Waals surface area contributed by atoms with E-state index in [0.29, 0.717) is 6.54 Å². The Labute approximate surface area is 90.7 Å². The van der Waals surface area contributed by atoms with E-state index < -0.39 is 0 Å². The molecule has 0 aromatic heterocycles. The monoisotopic (exact) mass is 201 g/mol. The largest absolute Gasteiger partial charge is 0.345 e. The van der Waals surface area contributed by atoms with Crippen molar-refractivity contribution in [3.05, 3.63) is 34.9 Å². The van der Waals surface area contributed by atoms with E-state index in [0.717, 1.165) is 5.56 Å². The zero-order valence-corrected chi connectivity index (χ0v) is 9.35. The summed E-state index contributed by atoms with van der Waals surface area (Å²) in [5.41, 5.74) is 3.49. The number of hydrogen-bond donors (Lipinski definition) is 1. The number of amides is 1. The van der Waals surface area contributed by atoms with Gasteiger partial charge in [0.15, 0.2) is 0 Å². The molecule has 1 rings (SSSR count). The third-order valence-corrected chi connectivity index (χ3v) is 2.17. The highest BCUT2D eigenvalue weighted by Gasteiger charge is 1.92. The van der Waals surface area contributed by atoms with Crippen LogP contribution < -0.4 is 5.32 Å². The van der Waals surface area contributed by atoms with E-state index in [2.05, 4.69) is 43.1 Å². The molecule has 0 aliphatic rings. The lowest BCUT2D eigenvalue weighted by atomic mass is 10.1. The minimum Gasteiger partial charge on any atom is -0.345 e. The molecule has 0 saturated heterocycles. The molecule has 0 radical (unpaired) electrons. The van der Waals surface area contributed by atoms with Crippen LogP contribution in [0.25, 0.3) is 0 Å². The van der Waals surface area contributed by atoms with Crippen LogP contribution >= 0.6 is 0 Å². The van der Waals surface area contributed by atoms with Crippen molar-refractivity contribution in [2.45, 2.75) is 20.8 Å². The van der Waals surface area contributed by atoms with Gasteiger partial charge in [-0.15, -0.1) is 0 Å². The molecule has 0 atom stereocenters. The fraction of sp³-hybridized carbons (Fsp3) is 0.308. The normalized spacial score (nSPS) is 9.00. The fourth-order valence-corrected chi connectivity index (χ4v) is 1.13. The van der Waals surface area contributed by atoms with Gasteiger partial charge in [-0.05, 0) is 37.1 Å². The van der Waals surface area contributed by atoms with Crippen molar-refractivity contribution < 1.29 is 4.79 Å². The van der Waals surface area contributed by atoms with Gasteiger partial charge in [0.2, 0.25) is 5.91 Å². The molecule has 0 heterocycles. The number of nitrogens with one attached hydrogen (secondary N) is 1. The van der Waals surface area contributed by atoms with Crippen molar-refractivity contribution in [2.75, 3.05) is 6.54 Å². The second-order valence-corrected chi connectivity index (χ2v) is 3.51. The second-order valence-electron chi connectivity index (χ2n) is 3.51. The highest BCUT2D eigenvalue weighted by Crippen LogP contribution is 2.08. The Hall–Kier alpha value is -1.75. The summed E-state index contributed by atoms with van der Waals surface area (Å²) < 4.78 is 0. The Balaban J connectivity index is 2.64. The molecule has 0 aliphatic carbocycles. The van der Waals surface area contributed by atoms with Crippen LogP contribution in [-0.2, 0) is 4.79 Å². The molecule has 2 heteroatoms. The van der Waals surface area contributed by atoms with E-state index >= 15 is 0 Å². The number of hydrogen-bond acceptors (Lipinski definition) is 1. The topological polar surface area (TPSA) is 29.1 Å². The smallest absolute Gasteiger partial charge is 0.217 e. The van der Waals surface area contributed by atoms with E-state index in [4.69, 9.17) is 0 Å². The van der Waals surface area contributed by atoms with E-state index in [1.165, 1.54) is 18.1 Å². The Morgan fingerprint density at radius 1 is 1.33 bits per heavy atom. The summed E-state index contributed by atoms with van der Waals surface area (Å²) in [7, 11) is 0. The van der Waals surface area contributed by atoms with Gasteiger partial charge < -0.3 is 5.32 Å². The first-order valence-electron chi connectivity index (χ1n) is 4.90. The van der Waals surface area contributed by atoms with Crippen molar-refractivity contribution in [1.82, 2.24) is 5.32 Å². The highest BCUT2D eigenvalue weighted by atomic mass is 16.1. The Kier molecular flexibility index (Phi) is 3.93. The molecule has 78 valence electrons. The average Bonchev–Trinajstić information content (AvgIpc) is 2.18. The van der Waals surface area contributed by atoms with E-state index in [9.17, 15) is 4.79 Å². The van der Waals surface area contributed by atoms with Crippen LogP contribution in [0.3, 0.4) is 0 Å². The van der Waals surface area contributed by atoms with Crippen LogP contribution in [0.15, 0.2) is 18.2 Å². The molecular weight excluding hydrogens is 186 g/mol. The van der Waals surface area contributed by atoms with Crippen molar-refractivity contribution in [3.8, 4) is 11.8 Å². The first-order valence-corrected chi connectivity index (χ1v) is 4.90. The van der Waals surface area contributed by atoms with Crippen LogP contribution in [0.1, 0.15) is 23.6 Å². The maximum Gasteiger partial charge on any atom is 0.217 e. The third-order valence-electron chi connectivity index (χ3n) is 2.17. The van der Waals surface area contributed by atoms with Crippen LogP contribution in [0, 0.1) is 25.7 Å². The summed E-state index contributed by atoms with van der Waals surface area (Å²) in [5, 5.41) is 2.63. The quantitative estimate of drug-likeness (QED) is 0.690. The number of carbonyl (C=O) groups excluding carboxylic acids is 1. The zero-order chi connectivity index (χ0) is 11.3. The molecule has 2 nitrogen and oxygen atoms in total. The Morgan fingerprint density at radius 3 is 2.67 bits per heavy atom. The van der Waals surface area contributed by atoms with Crippen LogP contribution in [-0.4, -0.2) is 12.5 Å². The number of benzene rings is 1. The highest BCUT2D eigenvalue weighted by molar-refractivity contribution is 5.73. The van der Waals surface area contributed by atoms with Gasteiger partial charge in [0.05, 0.1) is 6.54 Å². The van der Waals surface area contributed by atoms with Gasteiger partial charge in [0.1, 0.15) is 0 Å². The van der Waals surface area contributed by atoms with Crippen LogP contribution in [0.2, 0.25) is 0 Å². The standard InChI is InChI=1S/C13H15NO/c1-10-6-7-13(9-11(10)2)5-4-8-14-12(3)15/h6-7,9H,8H2,1-3H3,(H,14,15). The molecule has 1 amide bonds. The maximum absolute atomic E-state index is 10.6. The first kappa shape index (κ1) is 11.3. The lowest BCUT2D eigenvalue weighted by Crippen LogP contribution is -2.19. The molecule has 0 bridgehead atoms. The predicted molar refractivity (Wildman–Crippen MR) is 61.5 cm³/mol. The molecule has 0 aliphatic heterocycles. The van der Waals surface area contributed by atoms with E-state index in [1.807, 2.05) is 6.07 Å². The van der Waals surface area contributed by atoms with E-state index in [1.54, 1.807) is 0 Å². The number of aryl methyl sites for hydroxylation is 2. The molecular formula is C13H15NO. The van der Waals surface area contributed by atoms with Gasteiger partial charge in [-0.1, -0.05) is 17.9 Å². The third kappa shape index (κ3) is 3.86. The van der Waals surface area contributed by atoms with Crippen molar-refractivity contribution in [3.63, 3.8) is 0 Å². The lowest BCUT2D eigenvalue weighted by Gasteiger charge is -1.98. The van der Waals surface area contributed by atoms with Gasteiger partial charge >= 0.3 is 0 Å². The van der Waals surface area contributed by atoms with Crippen molar-refractivity contribution in [2.24, 2.45) is 0 Å². The summed E-state index contributed by atoms with van der Waals surface area (Å²) in [4.78, 5) is 10.6. The van der Waals surface area contributed by atoms with Gasteiger partial charge in [-0.25, -0.2) is 0 Å². The summed E-state index contributed by atoms with van der Waals surface area (Å²) in [6, 6.07) is 6.09. The Morgan fingerprint density at radius 2 is 2.07 bits per heavy atom. The summed E-state index contributed by atoms with van der Waals surface area (Å²) in [6.07, 6.45) is 0. The van der Waals surface area contributed by atoms with Crippen LogP contribution in [0.5, 0.6) is 0 Å². The molecule has 15 heavy (non-hydrogen) atoms. The summed E-state index contributed by atoms with van der Waals surface area (Å²) >= 11 is 0. The average molecular weight is 201 g/mol. The molecule has 1 aromatic rings.